The summed E-state index contributed by atoms with van der Waals surface area (Å²) in [5.74, 6) is 0. The van der Waals surface area contributed by atoms with E-state index in [1.54, 1.807) is 0 Å². The van der Waals surface area contributed by atoms with Crippen molar-refractivity contribution >= 4 is 6.21 Å². The SMILES string of the molecule is CCCCc1ccc([C]=NO)cc1. The summed E-state index contributed by atoms with van der Waals surface area (Å²) in [4.78, 5) is 0. The summed E-state index contributed by atoms with van der Waals surface area (Å²) < 4.78 is 0. The van der Waals surface area contributed by atoms with Crippen LogP contribution >= 0.6 is 0 Å². The number of nitrogens with zero attached hydrogens (tertiary/aromatic N) is 1. The minimum atomic E-state index is 0.808. The molecule has 2 nitrogen and oxygen atoms in total. The molecular formula is C11H14NO. The molecule has 0 bridgehead atoms. The number of rotatable bonds is 4. The minimum Gasteiger partial charge on any atom is -0.410 e. The summed E-state index contributed by atoms with van der Waals surface area (Å²) in [6.45, 7) is 2.18. The average Bonchev–Trinajstić information content (AvgIpc) is 2.17. The van der Waals surface area contributed by atoms with E-state index in [2.05, 4.69) is 18.3 Å². The summed E-state index contributed by atoms with van der Waals surface area (Å²) in [6, 6.07) is 7.90. The van der Waals surface area contributed by atoms with Crippen LogP contribution in [0.25, 0.3) is 0 Å². The van der Waals surface area contributed by atoms with Gasteiger partial charge in [-0.3, -0.25) is 0 Å². The van der Waals surface area contributed by atoms with Gasteiger partial charge in [-0.25, -0.2) is 0 Å². The molecule has 1 aromatic rings. The molecule has 0 unspecified atom stereocenters. The van der Waals surface area contributed by atoms with E-state index in [1.165, 1.54) is 18.4 Å². The van der Waals surface area contributed by atoms with Crippen LogP contribution in [0.1, 0.15) is 30.9 Å². The molecule has 0 aliphatic carbocycles. The van der Waals surface area contributed by atoms with E-state index in [0.717, 1.165) is 12.0 Å². The van der Waals surface area contributed by atoms with Gasteiger partial charge < -0.3 is 5.21 Å². The van der Waals surface area contributed by atoms with Crippen LogP contribution in [0.3, 0.4) is 0 Å². The van der Waals surface area contributed by atoms with Gasteiger partial charge in [-0.05, 0) is 18.4 Å². The second kappa shape index (κ2) is 5.36. The number of benzene rings is 1. The van der Waals surface area contributed by atoms with Gasteiger partial charge in [-0.1, -0.05) is 42.8 Å². The van der Waals surface area contributed by atoms with E-state index in [1.807, 2.05) is 24.3 Å². The van der Waals surface area contributed by atoms with Crippen LogP contribution in [-0.2, 0) is 6.42 Å². The Hall–Kier alpha value is -1.31. The first-order valence-electron chi connectivity index (χ1n) is 4.56. The highest BCUT2D eigenvalue weighted by molar-refractivity contribution is 5.78. The quantitative estimate of drug-likeness (QED) is 0.427. The lowest BCUT2D eigenvalue weighted by molar-refractivity contribution is 0.322. The average molecular weight is 176 g/mol. The Balaban J connectivity index is 2.58. The molecule has 0 atom stereocenters. The molecule has 0 fully saturated rings. The Morgan fingerprint density at radius 3 is 2.54 bits per heavy atom. The molecule has 1 aromatic carbocycles. The highest BCUT2D eigenvalue weighted by Gasteiger charge is 1.92. The van der Waals surface area contributed by atoms with Crippen molar-refractivity contribution in [3.63, 3.8) is 0 Å². The Morgan fingerprint density at radius 1 is 1.31 bits per heavy atom. The van der Waals surface area contributed by atoms with Gasteiger partial charge in [-0.15, -0.1) is 0 Å². The largest absolute Gasteiger partial charge is 0.410 e. The maximum absolute atomic E-state index is 8.24. The first kappa shape index (κ1) is 9.78. The van der Waals surface area contributed by atoms with Crippen LogP contribution < -0.4 is 0 Å². The molecule has 0 saturated carbocycles. The lowest BCUT2D eigenvalue weighted by Gasteiger charge is -1.98. The lowest BCUT2D eigenvalue weighted by Crippen LogP contribution is -1.86. The minimum absolute atomic E-state index is 0.808. The van der Waals surface area contributed by atoms with Crippen molar-refractivity contribution in [2.45, 2.75) is 26.2 Å². The standard InChI is InChI=1S/C11H14NO/c1-2-3-4-10-5-7-11(8-6-10)9-12-13/h5-8,13H,2-4H2,1H3. The molecule has 0 aliphatic heterocycles. The summed E-state index contributed by atoms with van der Waals surface area (Å²) in [5.41, 5.74) is 2.13. The van der Waals surface area contributed by atoms with Gasteiger partial charge in [0.15, 0.2) is 0 Å². The van der Waals surface area contributed by atoms with Crippen molar-refractivity contribution in [1.82, 2.24) is 0 Å². The van der Waals surface area contributed by atoms with Crippen LogP contribution in [0, 0.1) is 0 Å². The molecule has 1 N–H and O–H groups in total. The molecule has 0 aliphatic rings. The normalized spacial score (nSPS) is 10.8. The molecule has 1 rings (SSSR count). The van der Waals surface area contributed by atoms with E-state index in [9.17, 15) is 0 Å². The van der Waals surface area contributed by atoms with Crippen LogP contribution in [0.4, 0.5) is 0 Å². The number of hydrogen-bond acceptors (Lipinski definition) is 2. The zero-order valence-corrected chi connectivity index (χ0v) is 7.83. The van der Waals surface area contributed by atoms with Gasteiger partial charge in [0.05, 0.1) is 0 Å². The van der Waals surface area contributed by atoms with Gasteiger partial charge >= 0.3 is 0 Å². The third kappa shape index (κ3) is 3.28. The van der Waals surface area contributed by atoms with Crippen molar-refractivity contribution < 1.29 is 5.21 Å². The fourth-order valence-electron chi connectivity index (χ4n) is 1.18. The van der Waals surface area contributed by atoms with Crippen molar-refractivity contribution in [3.05, 3.63) is 35.4 Å². The van der Waals surface area contributed by atoms with E-state index in [0.29, 0.717) is 0 Å². The molecule has 0 spiro atoms. The smallest absolute Gasteiger partial charge is 0.139 e. The van der Waals surface area contributed by atoms with Gasteiger partial charge in [-0.2, -0.15) is 0 Å². The van der Waals surface area contributed by atoms with Crippen molar-refractivity contribution in [2.24, 2.45) is 5.16 Å². The second-order valence-corrected chi connectivity index (χ2v) is 3.01. The van der Waals surface area contributed by atoms with Crippen LogP contribution in [-0.4, -0.2) is 11.4 Å². The van der Waals surface area contributed by atoms with Gasteiger partial charge in [0.1, 0.15) is 6.21 Å². The van der Waals surface area contributed by atoms with E-state index in [4.69, 9.17) is 5.21 Å². The predicted molar refractivity (Wildman–Crippen MR) is 53.4 cm³/mol. The highest BCUT2D eigenvalue weighted by atomic mass is 16.4. The fourth-order valence-corrected chi connectivity index (χ4v) is 1.18. The predicted octanol–water partition coefficient (Wildman–Crippen LogP) is 2.71. The first-order chi connectivity index (χ1) is 6.36. The summed E-state index contributed by atoms with van der Waals surface area (Å²) in [5, 5.41) is 11.1. The van der Waals surface area contributed by atoms with Crippen LogP contribution in [0.15, 0.2) is 29.4 Å². The monoisotopic (exact) mass is 176 g/mol. The molecule has 0 aromatic heterocycles. The Bertz CT molecular complexity index is 264. The molecule has 0 heterocycles. The summed E-state index contributed by atoms with van der Waals surface area (Å²) in [7, 11) is 0. The van der Waals surface area contributed by atoms with Crippen molar-refractivity contribution in [3.8, 4) is 0 Å². The zero-order chi connectivity index (χ0) is 9.52. The molecular weight excluding hydrogens is 162 g/mol. The molecule has 69 valence electrons. The Kier molecular flexibility index (Phi) is 4.03. The molecule has 1 radical (unpaired) electrons. The second-order valence-electron chi connectivity index (χ2n) is 3.01. The lowest BCUT2D eigenvalue weighted by atomic mass is 10.1. The highest BCUT2D eigenvalue weighted by Crippen LogP contribution is 2.06. The van der Waals surface area contributed by atoms with E-state index < -0.39 is 0 Å². The van der Waals surface area contributed by atoms with Crippen LogP contribution in [0.2, 0.25) is 0 Å². The number of aryl methyl sites for hydroxylation is 1. The maximum atomic E-state index is 8.24. The van der Waals surface area contributed by atoms with E-state index >= 15 is 0 Å². The fraction of sp³-hybridized carbons (Fsp3) is 0.364. The number of unbranched alkanes of at least 4 members (excludes halogenated alkanes) is 1. The molecule has 0 saturated heterocycles. The van der Waals surface area contributed by atoms with Crippen molar-refractivity contribution in [2.75, 3.05) is 0 Å². The summed E-state index contributed by atoms with van der Waals surface area (Å²) in [6.07, 6.45) is 6.02. The Morgan fingerprint density at radius 2 is 2.00 bits per heavy atom. The molecule has 0 amide bonds. The van der Waals surface area contributed by atoms with Crippen molar-refractivity contribution in [1.29, 1.82) is 0 Å². The first-order valence-corrected chi connectivity index (χ1v) is 4.56. The number of hydrogen-bond donors (Lipinski definition) is 1. The molecule has 2 heteroatoms. The van der Waals surface area contributed by atoms with Gasteiger partial charge in [0.2, 0.25) is 0 Å². The zero-order valence-electron chi connectivity index (χ0n) is 7.83. The third-order valence-electron chi connectivity index (χ3n) is 1.95. The maximum Gasteiger partial charge on any atom is 0.139 e. The topological polar surface area (TPSA) is 32.6 Å². The van der Waals surface area contributed by atoms with Crippen LogP contribution in [0.5, 0.6) is 0 Å². The third-order valence-corrected chi connectivity index (χ3v) is 1.95. The summed E-state index contributed by atoms with van der Waals surface area (Å²) >= 11 is 0. The van der Waals surface area contributed by atoms with Gasteiger partial charge in [0.25, 0.3) is 0 Å². The van der Waals surface area contributed by atoms with E-state index in [-0.39, 0.29) is 0 Å². The Labute approximate surface area is 78.9 Å². The molecule has 13 heavy (non-hydrogen) atoms. The van der Waals surface area contributed by atoms with Gasteiger partial charge in [0, 0.05) is 5.56 Å².